The fourth-order valence-corrected chi connectivity index (χ4v) is 2.66. The van der Waals surface area contributed by atoms with Crippen LogP contribution < -0.4 is 10.2 Å². The fraction of sp³-hybridized carbons (Fsp3) is 0.235. The molecule has 2 amide bonds. The summed E-state index contributed by atoms with van der Waals surface area (Å²) in [5.41, 5.74) is 2.61. The molecule has 1 aromatic heterocycles. The standard InChI is InChI=1S/C17H19N3O2S/c1-13(21)20(2)16-7-5-15(6-8-16)19-17(22)12-23-11-14-4-3-9-18-10-14/h3-10H,11-12H2,1-2H3,(H,19,22). The van der Waals surface area contributed by atoms with Gasteiger partial charge in [0.15, 0.2) is 0 Å². The van der Waals surface area contributed by atoms with Gasteiger partial charge in [0, 0.05) is 43.5 Å². The van der Waals surface area contributed by atoms with Gasteiger partial charge in [0.2, 0.25) is 11.8 Å². The summed E-state index contributed by atoms with van der Waals surface area (Å²) in [7, 11) is 1.71. The van der Waals surface area contributed by atoms with Crippen molar-refractivity contribution in [3.8, 4) is 0 Å². The van der Waals surface area contributed by atoms with E-state index in [0.29, 0.717) is 5.75 Å². The van der Waals surface area contributed by atoms with Crippen LogP contribution in [-0.2, 0) is 15.3 Å². The maximum absolute atomic E-state index is 11.9. The summed E-state index contributed by atoms with van der Waals surface area (Å²) in [6, 6.07) is 11.1. The van der Waals surface area contributed by atoms with Crippen molar-refractivity contribution in [2.24, 2.45) is 0 Å². The zero-order valence-corrected chi connectivity index (χ0v) is 14.0. The minimum Gasteiger partial charge on any atom is -0.325 e. The Balaban J connectivity index is 1.80. The first kappa shape index (κ1) is 17.0. The summed E-state index contributed by atoms with van der Waals surface area (Å²) in [5.74, 6) is 1.05. The van der Waals surface area contributed by atoms with E-state index in [0.717, 1.165) is 22.7 Å². The molecule has 6 heteroatoms. The molecule has 1 N–H and O–H groups in total. The number of pyridine rings is 1. The molecule has 0 aliphatic carbocycles. The zero-order chi connectivity index (χ0) is 16.7. The third-order valence-electron chi connectivity index (χ3n) is 3.24. The van der Waals surface area contributed by atoms with E-state index < -0.39 is 0 Å². The van der Waals surface area contributed by atoms with Gasteiger partial charge in [-0.2, -0.15) is 0 Å². The molecule has 0 saturated heterocycles. The predicted molar refractivity (Wildman–Crippen MR) is 94.6 cm³/mol. The molecule has 0 aliphatic rings. The topological polar surface area (TPSA) is 62.3 Å². The van der Waals surface area contributed by atoms with Gasteiger partial charge in [-0.3, -0.25) is 14.6 Å². The first-order chi connectivity index (χ1) is 11.1. The second-order valence-corrected chi connectivity index (χ2v) is 6.01. The lowest BCUT2D eigenvalue weighted by Crippen LogP contribution is -2.22. The number of rotatable bonds is 6. The van der Waals surface area contributed by atoms with E-state index in [1.54, 1.807) is 60.4 Å². The zero-order valence-electron chi connectivity index (χ0n) is 13.2. The van der Waals surface area contributed by atoms with Crippen LogP contribution in [-0.4, -0.2) is 29.6 Å². The normalized spacial score (nSPS) is 10.2. The number of carbonyl (C=O) groups excluding carboxylic acids is 2. The smallest absolute Gasteiger partial charge is 0.234 e. The summed E-state index contributed by atoms with van der Waals surface area (Å²) >= 11 is 1.54. The number of aromatic nitrogens is 1. The van der Waals surface area contributed by atoms with Crippen molar-refractivity contribution in [3.63, 3.8) is 0 Å². The van der Waals surface area contributed by atoms with Crippen molar-refractivity contribution < 1.29 is 9.59 Å². The fourth-order valence-electron chi connectivity index (χ4n) is 1.89. The van der Waals surface area contributed by atoms with Crippen LogP contribution in [0, 0.1) is 0 Å². The number of amides is 2. The molecule has 1 aromatic carbocycles. The number of benzene rings is 1. The Morgan fingerprint density at radius 2 is 1.96 bits per heavy atom. The van der Waals surface area contributed by atoms with Crippen LogP contribution in [0.5, 0.6) is 0 Å². The first-order valence-electron chi connectivity index (χ1n) is 7.17. The molecule has 2 aromatic rings. The number of carbonyl (C=O) groups is 2. The average molecular weight is 329 g/mol. The maximum Gasteiger partial charge on any atom is 0.234 e. The van der Waals surface area contributed by atoms with Crippen molar-refractivity contribution in [2.75, 3.05) is 23.0 Å². The van der Waals surface area contributed by atoms with Crippen LogP contribution >= 0.6 is 11.8 Å². The van der Waals surface area contributed by atoms with Gasteiger partial charge in [-0.05, 0) is 35.9 Å². The van der Waals surface area contributed by atoms with Gasteiger partial charge in [0.25, 0.3) is 0 Å². The van der Waals surface area contributed by atoms with Gasteiger partial charge in [0.05, 0.1) is 5.75 Å². The Bertz CT molecular complexity index is 659. The Kier molecular flexibility index (Phi) is 6.17. The van der Waals surface area contributed by atoms with Crippen LogP contribution in [0.25, 0.3) is 0 Å². The molecule has 0 atom stereocenters. The SMILES string of the molecule is CC(=O)N(C)c1ccc(NC(=O)CSCc2cccnc2)cc1. The van der Waals surface area contributed by atoms with Crippen molar-refractivity contribution in [2.45, 2.75) is 12.7 Å². The molecule has 0 spiro atoms. The van der Waals surface area contributed by atoms with Crippen LogP contribution in [0.15, 0.2) is 48.8 Å². The third-order valence-corrected chi connectivity index (χ3v) is 4.24. The number of nitrogens with zero attached hydrogens (tertiary/aromatic N) is 2. The van der Waals surface area contributed by atoms with Crippen molar-refractivity contribution in [1.29, 1.82) is 0 Å². The highest BCUT2D eigenvalue weighted by molar-refractivity contribution is 7.99. The molecule has 0 saturated carbocycles. The van der Waals surface area contributed by atoms with Crippen LogP contribution in [0.1, 0.15) is 12.5 Å². The molecule has 1 heterocycles. The number of hydrogen-bond donors (Lipinski definition) is 1. The van der Waals surface area contributed by atoms with E-state index >= 15 is 0 Å². The Hall–Kier alpha value is -2.34. The van der Waals surface area contributed by atoms with Crippen molar-refractivity contribution in [3.05, 3.63) is 54.4 Å². The van der Waals surface area contributed by atoms with Gasteiger partial charge < -0.3 is 10.2 Å². The van der Waals surface area contributed by atoms with E-state index in [1.165, 1.54) is 6.92 Å². The predicted octanol–water partition coefficient (Wildman–Crippen LogP) is 2.94. The van der Waals surface area contributed by atoms with Gasteiger partial charge in [-0.15, -0.1) is 11.8 Å². The molecule has 0 aliphatic heterocycles. The Morgan fingerprint density at radius 3 is 2.57 bits per heavy atom. The summed E-state index contributed by atoms with van der Waals surface area (Å²) < 4.78 is 0. The molecule has 0 fully saturated rings. The highest BCUT2D eigenvalue weighted by atomic mass is 32.2. The van der Waals surface area contributed by atoms with E-state index in [-0.39, 0.29) is 11.8 Å². The number of hydrogen-bond acceptors (Lipinski definition) is 4. The summed E-state index contributed by atoms with van der Waals surface area (Å²) in [5, 5.41) is 2.84. The van der Waals surface area contributed by atoms with Gasteiger partial charge in [0.1, 0.15) is 0 Å². The largest absolute Gasteiger partial charge is 0.325 e. The monoisotopic (exact) mass is 329 g/mol. The molecular weight excluding hydrogens is 310 g/mol. The maximum atomic E-state index is 11.9. The first-order valence-corrected chi connectivity index (χ1v) is 8.32. The summed E-state index contributed by atoms with van der Waals surface area (Å²) in [6.45, 7) is 1.51. The minimum atomic E-state index is -0.0495. The second-order valence-electron chi connectivity index (χ2n) is 5.03. The van der Waals surface area contributed by atoms with Crippen LogP contribution in [0.3, 0.4) is 0 Å². The lowest BCUT2D eigenvalue weighted by atomic mass is 10.2. The molecule has 2 rings (SSSR count). The molecule has 23 heavy (non-hydrogen) atoms. The molecule has 5 nitrogen and oxygen atoms in total. The molecule has 0 bridgehead atoms. The summed E-state index contributed by atoms with van der Waals surface area (Å²) in [6.07, 6.45) is 3.53. The highest BCUT2D eigenvalue weighted by Crippen LogP contribution is 2.17. The van der Waals surface area contributed by atoms with Crippen LogP contribution in [0.2, 0.25) is 0 Å². The highest BCUT2D eigenvalue weighted by Gasteiger charge is 2.06. The lowest BCUT2D eigenvalue weighted by molar-refractivity contribution is -0.116. The van der Waals surface area contributed by atoms with E-state index in [4.69, 9.17) is 0 Å². The van der Waals surface area contributed by atoms with E-state index in [2.05, 4.69) is 10.3 Å². The van der Waals surface area contributed by atoms with Crippen molar-refractivity contribution >= 4 is 35.0 Å². The number of anilines is 2. The number of nitrogens with one attached hydrogen (secondary N) is 1. The Morgan fingerprint density at radius 1 is 1.22 bits per heavy atom. The molecule has 120 valence electrons. The third kappa shape index (κ3) is 5.41. The van der Waals surface area contributed by atoms with E-state index in [1.807, 2.05) is 12.1 Å². The van der Waals surface area contributed by atoms with Gasteiger partial charge >= 0.3 is 0 Å². The minimum absolute atomic E-state index is 0.0337. The van der Waals surface area contributed by atoms with Gasteiger partial charge in [-0.1, -0.05) is 6.07 Å². The number of thioether (sulfide) groups is 1. The Labute approximate surface area is 140 Å². The molecule has 0 radical (unpaired) electrons. The lowest BCUT2D eigenvalue weighted by Gasteiger charge is -2.15. The quantitative estimate of drug-likeness (QED) is 0.885. The van der Waals surface area contributed by atoms with Gasteiger partial charge in [-0.25, -0.2) is 0 Å². The van der Waals surface area contributed by atoms with Crippen LogP contribution in [0.4, 0.5) is 11.4 Å². The second kappa shape index (κ2) is 8.33. The van der Waals surface area contributed by atoms with E-state index in [9.17, 15) is 9.59 Å². The molecule has 0 unspecified atom stereocenters. The molecular formula is C17H19N3O2S. The van der Waals surface area contributed by atoms with Crippen molar-refractivity contribution in [1.82, 2.24) is 4.98 Å². The average Bonchev–Trinajstić information content (AvgIpc) is 2.56. The summed E-state index contributed by atoms with van der Waals surface area (Å²) in [4.78, 5) is 28.8.